The van der Waals surface area contributed by atoms with Crippen LogP contribution < -0.4 is 0 Å². The summed E-state index contributed by atoms with van der Waals surface area (Å²) in [4.78, 5) is 0. The van der Waals surface area contributed by atoms with Crippen molar-refractivity contribution in [3.8, 4) is 0 Å². The van der Waals surface area contributed by atoms with Crippen LogP contribution in [0.5, 0.6) is 0 Å². The second-order valence-corrected chi connectivity index (χ2v) is 8.40. The van der Waals surface area contributed by atoms with Crippen LogP contribution in [0.4, 0.5) is 0 Å². The Morgan fingerprint density at radius 3 is 0.778 bits per heavy atom. The third-order valence-corrected chi connectivity index (χ3v) is 5.52. The maximum Gasteiger partial charge on any atom is -0.0351 e. The summed E-state index contributed by atoms with van der Waals surface area (Å²) in [5, 5.41) is 0. The maximum absolute atomic E-state index is 2.43. The summed E-state index contributed by atoms with van der Waals surface area (Å²) in [6.07, 6.45) is 38.9. The van der Waals surface area contributed by atoms with Crippen LogP contribution in [0, 0.1) is 0 Å². The largest absolute Gasteiger partial charge is 0.0885 e. The molecule has 0 nitrogen and oxygen atoms in total. The van der Waals surface area contributed by atoms with E-state index in [1.165, 1.54) is 135 Å². The van der Waals surface area contributed by atoms with Gasteiger partial charge >= 0.3 is 0 Å². The molecule has 0 fully saturated rings. The molecular weight excluding hydrogens is 324 g/mol. The molecule has 0 aromatic rings. The molecule has 0 saturated heterocycles. The van der Waals surface area contributed by atoms with Gasteiger partial charge in [0.05, 0.1) is 0 Å². The molecule has 0 N–H and O–H groups in total. The van der Waals surface area contributed by atoms with Crippen LogP contribution in [0.25, 0.3) is 0 Å². The first-order valence-corrected chi connectivity index (χ1v) is 12.7. The van der Waals surface area contributed by atoms with E-state index in [4.69, 9.17) is 0 Å². The smallest absolute Gasteiger partial charge is 0.0351 e. The average molecular weight is 377 g/mol. The molecule has 0 saturated carbocycles. The fourth-order valence-corrected chi connectivity index (χ4v) is 3.61. The normalized spacial score (nSPS) is 11.9. The van der Waals surface area contributed by atoms with E-state index < -0.39 is 0 Å². The van der Waals surface area contributed by atoms with Crippen LogP contribution >= 0.6 is 0 Å². The van der Waals surface area contributed by atoms with Crippen LogP contribution in [0.2, 0.25) is 0 Å². The van der Waals surface area contributed by atoms with E-state index in [-0.39, 0.29) is 0 Å². The minimum atomic E-state index is 1.30. The van der Waals surface area contributed by atoms with Crippen molar-refractivity contribution in [2.24, 2.45) is 0 Å². The lowest BCUT2D eigenvalue weighted by molar-refractivity contribution is 0.608. The molecule has 0 atom stereocenters. The summed E-state index contributed by atoms with van der Waals surface area (Å²) in [5.41, 5.74) is 0. The SMILES string of the molecule is CCCCCCCCC=CCCCCCCCC=CCCCCCCCC. The monoisotopic (exact) mass is 376 g/mol. The van der Waals surface area contributed by atoms with Gasteiger partial charge in [0.25, 0.3) is 0 Å². The van der Waals surface area contributed by atoms with Gasteiger partial charge in [-0.15, -0.1) is 0 Å². The van der Waals surface area contributed by atoms with E-state index in [1.807, 2.05) is 0 Å². The minimum absolute atomic E-state index is 1.30. The number of hydrogen-bond acceptors (Lipinski definition) is 0. The first-order chi connectivity index (χ1) is 13.4. The lowest BCUT2D eigenvalue weighted by atomic mass is 10.1. The molecule has 0 spiro atoms. The average Bonchev–Trinajstić information content (AvgIpc) is 2.68. The highest BCUT2D eigenvalue weighted by atomic mass is 14.0. The molecule has 0 heterocycles. The Kier molecular flexibility index (Phi) is 25.0. The van der Waals surface area contributed by atoms with Gasteiger partial charge in [-0.25, -0.2) is 0 Å². The third-order valence-electron chi connectivity index (χ3n) is 5.52. The van der Waals surface area contributed by atoms with Crippen LogP contribution in [-0.2, 0) is 0 Å². The lowest BCUT2D eigenvalue weighted by Crippen LogP contribution is -1.80. The van der Waals surface area contributed by atoms with Crippen molar-refractivity contribution in [1.82, 2.24) is 0 Å². The lowest BCUT2D eigenvalue weighted by Gasteiger charge is -1.99. The molecule has 0 aliphatic carbocycles. The Hall–Kier alpha value is -0.520. The molecule has 0 aromatic carbocycles. The first kappa shape index (κ1) is 26.5. The predicted molar refractivity (Wildman–Crippen MR) is 127 cm³/mol. The molecule has 0 rings (SSSR count). The van der Waals surface area contributed by atoms with Gasteiger partial charge in [-0.1, -0.05) is 122 Å². The van der Waals surface area contributed by atoms with Crippen LogP contribution in [-0.4, -0.2) is 0 Å². The van der Waals surface area contributed by atoms with Crippen molar-refractivity contribution in [1.29, 1.82) is 0 Å². The number of rotatable bonds is 22. The van der Waals surface area contributed by atoms with Crippen molar-refractivity contribution in [3.63, 3.8) is 0 Å². The van der Waals surface area contributed by atoms with E-state index in [1.54, 1.807) is 0 Å². The molecule has 0 heteroatoms. The van der Waals surface area contributed by atoms with Crippen molar-refractivity contribution in [2.75, 3.05) is 0 Å². The Morgan fingerprint density at radius 2 is 0.519 bits per heavy atom. The van der Waals surface area contributed by atoms with Gasteiger partial charge in [0.15, 0.2) is 0 Å². The van der Waals surface area contributed by atoms with Gasteiger partial charge in [-0.3, -0.25) is 0 Å². The molecule has 0 amide bonds. The maximum atomic E-state index is 2.43. The topological polar surface area (TPSA) is 0 Å². The van der Waals surface area contributed by atoms with Crippen molar-refractivity contribution in [2.45, 2.75) is 149 Å². The molecule has 0 aliphatic heterocycles. The van der Waals surface area contributed by atoms with E-state index in [2.05, 4.69) is 38.2 Å². The van der Waals surface area contributed by atoms with E-state index >= 15 is 0 Å². The zero-order chi connectivity index (χ0) is 19.7. The molecule has 0 radical (unpaired) electrons. The number of unbranched alkanes of at least 4 members (excludes halogenated alkanes) is 18. The third kappa shape index (κ3) is 25.5. The number of allylic oxidation sites excluding steroid dienone is 4. The summed E-state index contributed by atoms with van der Waals surface area (Å²) in [7, 11) is 0. The highest BCUT2D eigenvalue weighted by molar-refractivity contribution is 4.82. The highest BCUT2D eigenvalue weighted by Gasteiger charge is 1.91. The Balaban J connectivity index is 3.11. The summed E-state index contributed by atoms with van der Waals surface area (Å²) >= 11 is 0. The molecule has 27 heavy (non-hydrogen) atoms. The van der Waals surface area contributed by atoms with Gasteiger partial charge in [-0.2, -0.15) is 0 Å². The van der Waals surface area contributed by atoms with Crippen LogP contribution in [0.15, 0.2) is 24.3 Å². The highest BCUT2D eigenvalue weighted by Crippen LogP contribution is 2.11. The summed E-state index contributed by atoms with van der Waals surface area (Å²) in [6, 6.07) is 0. The Morgan fingerprint density at radius 1 is 0.296 bits per heavy atom. The van der Waals surface area contributed by atoms with Gasteiger partial charge < -0.3 is 0 Å². The van der Waals surface area contributed by atoms with Crippen molar-refractivity contribution in [3.05, 3.63) is 24.3 Å². The second kappa shape index (κ2) is 25.5. The minimum Gasteiger partial charge on any atom is -0.0885 e. The first-order valence-electron chi connectivity index (χ1n) is 12.7. The van der Waals surface area contributed by atoms with Gasteiger partial charge in [0, 0.05) is 0 Å². The fraction of sp³-hybridized carbons (Fsp3) is 0.852. The molecule has 160 valence electrons. The zero-order valence-corrected chi connectivity index (χ0v) is 19.2. The van der Waals surface area contributed by atoms with E-state index in [9.17, 15) is 0 Å². The summed E-state index contributed by atoms with van der Waals surface area (Å²) < 4.78 is 0. The van der Waals surface area contributed by atoms with E-state index in [0.717, 1.165) is 0 Å². The molecule has 0 bridgehead atoms. The molecule has 0 aliphatic rings. The predicted octanol–water partition coefficient (Wildman–Crippen LogP) is 10.3. The summed E-state index contributed by atoms with van der Waals surface area (Å²) in [5.74, 6) is 0. The Bertz CT molecular complexity index is 269. The molecular formula is C27H52. The molecule has 0 aromatic heterocycles. The van der Waals surface area contributed by atoms with Gasteiger partial charge in [0.1, 0.15) is 0 Å². The molecule has 0 unspecified atom stereocenters. The summed E-state index contributed by atoms with van der Waals surface area (Å²) in [6.45, 7) is 4.58. The van der Waals surface area contributed by atoms with Crippen molar-refractivity contribution >= 4 is 0 Å². The Labute approximate surface area is 173 Å². The quantitative estimate of drug-likeness (QED) is 0.130. The van der Waals surface area contributed by atoms with Gasteiger partial charge in [-0.05, 0) is 51.4 Å². The second-order valence-electron chi connectivity index (χ2n) is 8.40. The van der Waals surface area contributed by atoms with Crippen LogP contribution in [0.1, 0.15) is 149 Å². The van der Waals surface area contributed by atoms with Crippen LogP contribution in [0.3, 0.4) is 0 Å². The standard InChI is InChI=1S/C27H52/c1-3-5-7-9-11-13-15-17-19-21-23-25-27-26-24-22-20-18-16-14-12-10-8-6-4-2/h17-20H,3-16,21-27H2,1-2H3. The van der Waals surface area contributed by atoms with Gasteiger partial charge in [0.2, 0.25) is 0 Å². The zero-order valence-electron chi connectivity index (χ0n) is 19.2. The van der Waals surface area contributed by atoms with E-state index in [0.29, 0.717) is 0 Å². The fourth-order valence-electron chi connectivity index (χ4n) is 3.61. The number of hydrogen-bond donors (Lipinski definition) is 0. The van der Waals surface area contributed by atoms with Crippen molar-refractivity contribution < 1.29 is 0 Å².